The molecule has 2 aromatic carbocycles. The maximum atomic E-state index is 10.3. The number of aryl methyl sites for hydroxylation is 2. The number of ether oxygens (including phenoxy) is 1. The average molecular weight is 270 g/mol. The lowest BCUT2D eigenvalue weighted by molar-refractivity contribution is 0.0834. The van der Waals surface area contributed by atoms with Gasteiger partial charge in [-0.3, -0.25) is 0 Å². The molecule has 0 aromatic heterocycles. The number of fused-ring (bicyclic) bond motifs is 3. The average Bonchev–Trinajstić information content (AvgIpc) is 2.41. The van der Waals surface area contributed by atoms with E-state index in [-0.39, 0.29) is 11.5 Å². The van der Waals surface area contributed by atoms with Gasteiger partial charge >= 0.3 is 0 Å². The Morgan fingerprint density at radius 1 is 1.25 bits per heavy atom. The second-order valence-electron chi connectivity index (χ2n) is 6.41. The van der Waals surface area contributed by atoms with Gasteiger partial charge in [0.25, 0.3) is 0 Å². The molecule has 0 amide bonds. The van der Waals surface area contributed by atoms with E-state index >= 15 is 0 Å². The third-order valence-electron chi connectivity index (χ3n) is 4.84. The standard InChI is InChI=1S/C18H22O2/c1-11-9-12-5-7-15-13(14(12)10-16(11)20-4)6-8-17(19)18(15,2)3/h5,7,9-10,17,19H,6,8H2,1-4H3. The van der Waals surface area contributed by atoms with Crippen molar-refractivity contribution in [1.29, 1.82) is 0 Å². The van der Waals surface area contributed by atoms with E-state index in [1.54, 1.807) is 7.11 Å². The van der Waals surface area contributed by atoms with Gasteiger partial charge in [-0.1, -0.05) is 26.0 Å². The number of rotatable bonds is 1. The van der Waals surface area contributed by atoms with Crippen LogP contribution >= 0.6 is 0 Å². The maximum absolute atomic E-state index is 10.3. The van der Waals surface area contributed by atoms with Gasteiger partial charge in [-0.15, -0.1) is 0 Å². The van der Waals surface area contributed by atoms with Crippen LogP contribution in [0.2, 0.25) is 0 Å². The molecule has 2 nitrogen and oxygen atoms in total. The van der Waals surface area contributed by atoms with Crippen molar-refractivity contribution in [3.63, 3.8) is 0 Å². The van der Waals surface area contributed by atoms with Gasteiger partial charge in [0.05, 0.1) is 13.2 Å². The van der Waals surface area contributed by atoms with Gasteiger partial charge in [-0.2, -0.15) is 0 Å². The Kier molecular flexibility index (Phi) is 3.02. The van der Waals surface area contributed by atoms with E-state index in [2.05, 4.69) is 45.0 Å². The number of aliphatic hydroxyl groups excluding tert-OH is 1. The highest BCUT2D eigenvalue weighted by Gasteiger charge is 2.35. The molecule has 106 valence electrons. The summed E-state index contributed by atoms with van der Waals surface area (Å²) >= 11 is 0. The lowest BCUT2D eigenvalue weighted by atomic mass is 9.69. The topological polar surface area (TPSA) is 29.5 Å². The molecule has 1 unspecified atom stereocenters. The number of hydrogen-bond acceptors (Lipinski definition) is 2. The summed E-state index contributed by atoms with van der Waals surface area (Å²) in [5.74, 6) is 0.940. The monoisotopic (exact) mass is 270 g/mol. The molecule has 3 rings (SSSR count). The van der Waals surface area contributed by atoms with Crippen molar-refractivity contribution in [3.05, 3.63) is 41.0 Å². The molecule has 1 aliphatic carbocycles. The lowest BCUT2D eigenvalue weighted by Gasteiger charge is -2.38. The number of benzene rings is 2. The molecular weight excluding hydrogens is 248 g/mol. The highest BCUT2D eigenvalue weighted by atomic mass is 16.5. The Morgan fingerprint density at radius 2 is 2.00 bits per heavy atom. The SMILES string of the molecule is COc1cc2c3c(ccc2cc1C)C(C)(C)C(O)CC3. The van der Waals surface area contributed by atoms with Crippen LogP contribution in [0.4, 0.5) is 0 Å². The Labute approximate surface area is 120 Å². The minimum atomic E-state index is -0.264. The molecule has 1 aliphatic rings. The fraction of sp³-hybridized carbons (Fsp3) is 0.444. The van der Waals surface area contributed by atoms with Crippen LogP contribution in [-0.2, 0) is 11.8 Å². The van der Waals surface area contributed by atoms with E-state index in [0.717, 1.165) is 24.2 Å². The maximum Gasteiger partial charge on any atom is 0.122 e. The van der Waals surface area contributed by atoms with Gasteiger partial charge in [0.15, 0.2) is 0 Å². The van der Waals surface area contributed by atoms with Crippen LogP contribution < -0.4 is 4.74 Å². The number of methoxy groups -OCH3 is 1. The van der Waals surface area contributed by atoms with Crippen molar-refractivity contribution in [1.82, 2.24) is 0 Å². The summed E-state index contributed by atoms with van der Waals surface area (Å²) in [6, 6.07) is 8.69. The minimum absolute atomic E-state index is 0.181. The molecule has 2 heteroatoms. The second kappa shape index (κ2) is 4.49. The van der Waals surface area contributed by atoms with Crippen LogP contribution in [-0.4, -0.2) is 18.3 Å². The fourth-order valence-corrected chi connectivity index (χ4v) is 3.44. The van der Waals surface area contributed by atoms with Crippen molar-refractivity contribution in [2.45, 2.75) is 45.1 Å². The summed E-state index contributed by atoms with van der Waals surface area (Å²) in [5.41, 5.74) is 3.63. The predicted octanol–water partition coefficient (Wildman–Crippen LogP) is 3.74. The van der Waals surface area contributed by atoms with Crippen LogP contribution in [0.3, 0.4) is 0 Å². The summed E-state index contributed by atoms with van der Waals surface area (Å²) in [7, 11) is 1.72. The zero-order chi connectivity index (χ0) is 14.5. The first kappa shape index (κ1) is 13.4. The molecule has 0 saturated heterocycles. The fourth-order valence-electron chi connectivity index (χ4n) is 3.44. The molecule has 0 heterocycles. The van der Waals surface area contributed by atoms with Gasteiger partial charge in [0.1, 0.15) is 5.75 Å². The Hall–Kier alpha value is -1.54. The summed E-state index contributed by atoms with van der Waals surface area (Å²) < 4.78 is 5.47. The van der Waals surface area contributed by atoms with Crippen LogP contribution in [0.5, 0.6) is 5.75 Å². The summed E-state index contributed by atoms with van der Waals surface area (Å²) in [6.07, 6.45) is 1.50. The first-order valence-electron chi connectivity index (χ1n) is 7.24. The molecule has 20 heavy (non-hydrogen) atoms. The number of aliphatic hydroxyl groups is 1. The molecule has 0 bridgehead atoms. The quantitative estimate of drug-likeness (QED) is 0.855. The third-order valence-corrected chi connectivity index (χ3v) is 4.84. The second-order valence-corrected chi connectivity index (χ2v) is 6.41. The minimum Gasteiger partial charge on any atom is -0.496 e. The predicted molar refractivity (Wildman–Crippen MR) is 82.6 cm³/mol. The van der Waals surface area contributed by atoms with Gasteiger partial charge in [0, 0.05) is 5.41 Å². The number of hydrogen-bond donors (Lipinski definition) is 1. The largest absolute Gasteiger partial charge is 0.496 e. The van der Waals surface area contributed by atoms with E-state index in [1.165, 1.54) is 21.9 Å². The van der Waals surface area contributed by atoms with E-state index in [1.807, 2.05) is 0 Å². The van der Waals surface area contributed by atoms with E-state index in [0.29, 0.717) is 0 Å². The lowest BCUT2D eigenvalue weighted by Crippen LogP contribution is -2.38. The Morgan fingerprint density at radius 3 is 2.70 bits per heavy atom. The molecule has 0 spiro atoms. The van der Waals surface area contributed by atoms with Gasteiger partial charge in [-0.25, -0.2) is 0 Å². The molecule has 0 saturated carbocycles. The molecule has 1 N–H and O–H groups in total. The van der Waals surface area contributed by atoms with Crippen molar-refractivity contribution in [3.8, 4) is 5.75 Å². The molecular formula is C18H22O2. The van der Waals surface area contributed by atoms with E-state index < -0.39 is 0 Å². The zero-order valence-corrected chi connectivity index (χ0v) is 12.7. The summed E-state index contributed by atoms with van der Waals surface area (Å²) in [5, 5.41) is 12.8. The van der Waals surface area contributed by atoms with Gasteiger partial charge in [0.2, 0.25) is 0 Å². The summed E-state index contributed by atoms with van der Waals surface area (Å²) in [4.78, 5) is 0. The highest BCUT2D eigenvalue weighted by Crippen LogP contribution is 2.41. The van der Waals surface area contributed by atoms with E-state index in [4.69, 9.17) is 4.74 Å². The first-order chi connectivity index (χ1) is 9.45. The normalized spacial score (nSPS) is 20.8. The molecule has 0 radical (unpaired) electrons. The van der Waals surface area contributed by atoms with Crippen molar-refractivity contribution in [2.75, 3.05) is 7.11 Å². The Bertz CT molecular complexity index is 671. The van der Waals surface area contributed by atoms with Crippen molar-refractivity contribution >= 4 is 10.8 Å². The van der Waals surface area contributed by atoms with Gasteiger partial charge < -0.3 is 9.84 Å². The van der Waals surface area contributed by atoms with Crippen LogP contribution in [0.15, 0.2) is 24.3 Å². The van der Waals surface area contributed by atoms with E-state index in [9.17, 15) is 5.11 Å². The molecule has 2 aromatic rings. The highest BCUT2D eigenvalue weighted by molar-refractivity contribution is 5.89. The Balaban J connectivity index is 2.31. The van der Waals surface area contributed by atoms with Crippen LogP contribution in [0.1, 0.15) is 37.0 Å². The smallest absolute Gasteiger partial charge is 0.122 e. The van der Waals surface area contributed by atoms with Crippen LogP contribution in [0, 0.1) is 6.92 Å². The van der Waals surface area contributed by atoms with Crippen molar-refractivity contribution in [2.24, 2.45) is 0 Å². The van der Waals surface area contributed by atoms with Gasteiger partial charge in [-0.05, 0) is 59.4 Å². The molecule has 0 aliphatic heterocycles. The third kappa shape index (κ3) is 1.82. The zero-order valence-electron chi connectivity index (χ0n) is 12.7. The molecule has 0 fully saturated rings. The summed E-state index contributed by atoms with van der Waals surface area (Å²) in [6.45, 7) is 6.34. The van der Waals surface area contributed by atoms with Crippen molar-refractivity contribution < 1.29 is 9.84 Å². The molecule has 1 atom stereocenters. The van der Waals surface area contributed by atoms with Crippen LogP contribution in [0.25, 0.3) is 10.8 Å². The first-order valence-corrected chi connectivity index (χ1v) is 7.24.